The summed E-state index contributed by atoms with van der Waals surface area (Å²) >= 11 is 0. The number of hydrogen-bond acceptors (Lipinski definition) is 16. The number of ether oxygens (including phenoxy) is 3. The molecule has 0 amide bonds. The lowest BCUT2D eigenvalue weighted by molar-refractivity contribution is -0.161. The molecule has 424 valence electrons. The van der Waals surface area contributed by atoms with Crippen molar-refractivity contribution in [1.29, 1.82) is 0 Å². The summed E-state index contributed by atoms with van der Waals surface area (Å²) in [5.41, 5.74) is 4.59. The van der Waals surface area contributed by atoms with Gasteiger partial charge in [-0.05, 0) is 69.8 Å². The molecule has 19 nitrogen and oxygen atoms in total. The van der Waals surface area contributed by atoms with Crippen LogP contribution in [0.25, 0.3) is 0 Å². The van der Waals surface area contributed by atoms with Crippen LogP contribution in [0.2, 0.25) is 0 Å². The maximum Gasteiger partial charge on any atom is 0.481 e. The van der Waals surface area contributed by atoms with Gasteiger partial charge >= 0.3 is 33.3 Å². The van der Waals surface area contributed by atoms with Gasteiger partial charge in [-0.15, -0.1) is 0 Å². The van der Waals surface area contributed by atoms with Crippen molar-refractivity contribution in [2.45, 2.75) is 218 Å². The number of nitrogens with two attached hydrogens (primary N) is 1. The summed E-state index contributed by atoms with van der Waals surface area (Å²) in [5.74, 6) is -0.532. The highest BCUT2D eigenvalue weighted by atomic mass is 31.3. The lowest BCUT2D eigenvalue weighted by atomic mass is 9.99. The first kappa shape index (κ1) is 66.8. The largest absolute Gasteiger partial charge is 0.481 e. The van der Waals surface area contributed by atoms with Crippen LogP contribution in [0.1, 0.15) is 193 Å². The fourth-order valence-electron chi connectivity index (χ4n) is 7.91. The van der Waals surface area contributed by atoms with Crippen LogP contribution < -0.4 is 11.4 Å². The number of aliphatic hydroxyl groups excluding tert-OH is 3. The molecule has 74 heavy (non-hydrogen) atoms. The minimum absolute atomic E-state index is 0.0354. The molecule has 0 aromatic carbocycles. The van der Waals surface area contributed by atoms with E-state index in [9.17, 15) is 43.5 Å². The standard InChI is InChI=1S/C53H91N3O16P2/c1-3-44(2)35-31-27-23-19-15-11-8-9-12-16-20-24-28-32-36-48(58)67-41-45(70-49(59)37-33-29-25-21-17-13-7-5-4-6-10-14-18-22-26-30-34-40-57)42-68-73(63,64)72-74(65,66)69-43-46-50(60)51(61)52(71-46)56-39-38-47(54)55-53(56)62/h4,6-7,13-14,18,21,25,38-39,44-46,50-52,57,60-61H,3,5,8-12,15-17,19-20,22-24,26-37,40-43H2,1-2H3,(H,63,64)(H,65,66)(H2,54,55,62)/b6-4-,13-7-,18-14-,25-21-/t44?,45-,46-,50-,51-,52-/m1/s1. The fraction of sp³-hybridized carbons (Fsp3) is 0.736. The number of phosphoric ester groups is 2. The van der Waals surface area contributed by atoms with Gasteiger partial charge in [-0.1, -0.05) is 165 Å². The van der Waals surface area contributed by atoms with Gasteiger partial charge in [0.05, 0.1) is 13.2 Å². The minimum Gasteiger partial charge on any atom is -0.462 e. The Labute approximate surface area is 440 Å². The van der Waals surface area contributed by atoms with Crippen LogP contribution in [-0.2, 0) is 46.3 Å². The molecule has 0 saturated carbocycles. The number of rotatable bonds is 45. The predicted octanol–water partition coefficient (Wildman–Crippen LogP) is 10.6. The Hall–Kier alpha value is -3.32. The second kappa shape index (κ2) is 40.9. The van der Waals surface area contributed by atoms with Crippen molar-refractivity contribution < 1.29 is 71.4 Å². The van der Waals surface area contributed by atoms with Crippen molar-refractivity contribution in [2.75, 3.05) is 32.2 Å². The lowest BCUT2D eigenvalue weighted by Crippen LogP contribution is -2.36. The highest BCUT2D eigenvalue weighted by Crippen LogP contribution is 2.60. The highest BCUT2D eigenvalue weighted by Gasteiger charge is 2.46. The molecule has 1 fully saturated rings. The number of phosphoric acid groups is 2. The molecule has 0 spiro atoms. The van der Waals surface area contributed by atoms with Crippen molar-refractivity contribution in [3.63, 3.8) is 0 Å². The molecule has 3 unspecified atom stereocenters. The summed E-state index contributed by atoms with van der Waals surface area (Å²) in [6, 6.07) is 1.24. The van der Waals surface area contributed by atoms with Crippen LogP contribution in [0.5, 0.6) is 0 Å². The van der Waals surface area contributed by atoms with E-state index in [1.54, 1.807) is 0 Å². The predicted molar refractivity (Wildman–Crippen MR) is 285 cm³/mol. The van der Waals surface area contributed by atoms with Crippen molar-refractivity contribution in [3.05, 3.63) is 71.4 Å². The molecule has 1 aliphatic rings. The number of aliphatic hydroxyl groups is 3. The van der Waals surface area contributed by atoms with Crippen molar-refractivity contribution >= 4 is 33.4 Å². The maximum atomic E-state index is 12.9. The molecule has 7 N–H and O–H groups in total. The van der Waals surface area contributed by atoms with Crippen LogP contribution >= 0.6 is 15.6 Å². The Morgan fingerprint density at radius 1 is 0.716 bits per heavy atom. The van der Waals surface area contributed by atoms with Crippen LogP contribution in [0.15, 0.2) is 65.7 Å². The number of carbonyl (C=O) groups is 2. The van der Waals surface area contributed by atoms with E-state index < -0.39 is 83.7 Å². The van der Waals surface area contributed by atoms with Crippen LogP contribution in [0, 0.1) is 5.92 Å². The number of unbranched alkanes of at least 4 members (excludes halogenated alkanes) is 17. The van der Waals surface area contributed by atoms with E-state index in [0.29, 0.717) is 19.3 Å². The van der Waals surface area contributed by atoms with E-state index in [4.69, 9.17) is 34.1 Å². The molecule has 2 rings (SSSR count). The van der Waals surface area contributed by atoms with E-state index in [-0.39, 0.29) is 25.3 Å². The molecular weight excluding hydrogens is 997 g/mol. The zero-order chi connectivity index (χ0) is 54.3. The summed E-state index contributed by atoms with van der Waals surface area (Å²) in [5, 5.41) is 29.8. The van der Waals surface area contributed by atoms with Gasteiger partial charge in [-0.2, -0.15) is 9.29 Å². The third-order valence-corrected chi connectivity index (χ3v) is 15.1. The Bertz CT molecular complexity index is 1950. The fourth-order valence-corrected chi connectivity index (χ4v) is 10.0. The van der Waals surface area contributed by atoms with Crippen molar-refractivity contribution in [1.82, 2.24) is 9.55 Å². The number of anilines is 1. The molecule has 0 radical (unpaired) electrons. The number of hydrogen-bond donors (Lipinski definition) is 6. The Morgan fingerprint density at radius 2 is 1.23 bits per heavy atom. The number of carbonyl (C=O) groups excluding carboxylic acids is 2. The minimum atomic E-state index is -5.44. The first-order chi connectivity index (χ1) is 35.6. The van der Waals surface area contributed by atoms with E-state index in [2.05, 4.69) is 53.5 Å². The Kier molecular flexibility index (Phi) is 36.9. The third-order valence-electron chi connectivity index (χ3n) is 12.5. The van der Waals surface area contributed by atoms with Gasteiger partial charge < -0.3 is 45.1 Å². The Morgan fingerprint density at radius 3 is 1.80 bits per heavy atom. The summed E-state index contributed by atoms with van der Waals surface area (Å²) < 4.78 is 56.8. The van der Waals surface area contributed by atoms with Gasteiger partial charge in [-0.25, -0.2) is 13.9 Å². The first-order valence-electron chi connectivity index (χ1n) is 27.2. The summed E-state index contributed by atoms with van der Waals surface area (Å²) in [4.78, 5) is 62.0. The van der Waals surface area contributed by atoms with Crippen molar-refractivity contribution in [2.24, 2.45) is 5.92 Å². The van der Waals surface area contributed by atoms with Gasteiger partial charge in [0.1, 0.15) is 30.7 Å². The van der Waals surface area contributed by atoms with E-state index in [1.807, 2.05) is 18.2 Å². The van der Waals surface area contributed by atoms with Crippen LogP contribution in [0.4, 0.5) is 5.82 Å². The molecule has 8 atom stereocenters. The van der Waals surface area contributed by atoms with Crippen LogP contribution in [0.3, 0.4) is 0 Å². The lowest BCUT2D eigenvalue weighted by Gasteiger charge is -2.21. The van der Waals surface area contributed by atoms with Gasteiger partial charge in [0.25, 0.3) is 0 Å². The number of nitrogens with zero attached hydrogens (tertiary/aromatic N) is 2. The highest BCUT2D eigenvalue weighted by molar-refractivity contribution is 7.61. The van der Waals surface area contributed by atoms with Gasteiger partial charge in [0.15, 0.2) is 12.3 Å². The molecule has 1 aliphatic heterocycles. The molecule has 0 aliphatic carbocycles. The summed E-state index contributed by atoms with van der Waals surface area (Å²) in [6.07, 6.45) is 36.3. The zero-order valence-electron chi connectivity index (χ0n) is 44.3. The monoisotopic (exact) mass is 1090 g/mol. The number of nitrogen functional groups attached to an aromatic ring is 1. The average molecular weight is 1090 g/mol. The molecule has 1 aromatic heterocycles. The normalized spacial score (nSPS) is 19.7. The number of esters is 2. The van der Waals surface area contributed by atoms with Crippen molar-refractivity contribution in [3.8, 4) is 0 Å². The number of allylic oxidation sites excluding steroid dienone is 8. The molecular formula is C53H91N3O16P2. The van der Waals surface area contributed by atoms with Gasteiger partial charge in [-0.3, -0.25) is 23.2 Å². The molecule has 0 bridgehead atoms. The van der Waals surface area contributed by atoms with E-state index in [0.717, 1.165) is 87.3 Å². The van der Waals surface area contributed by atoms with Gasteiger partial charge in [0, 0.05) is 25.6 Å². The number of aromatic nitrogens is 2. The molecule has 1 saturated heterocycles. The first-order valence-corrected chi connectivity index (χ1v) is 30.1. The third kappa shape index (κ3) is 33.0. The maximum absolute atomic E-state index is 12.9. The smallest absolute Gasteiger partial charge is 0.462 e. The second-order valence-corrected chi connectivity index (χ2v) is 22.1. The average Bonchev–Trinajstić information content (AvgIpc) is 3.64. The quantitative estimate of drug-likeness (QED) is 0.0153. The van der Waals surface area contributed by atoms with Crippen LogP contribution in [-0.4, -0.2) is 97.4 Å². The van der Waals surface area contributed by atoms with E-state index >= 15 is 0 Å². The zero-order valence-corrected chi connectivity index (χ0v) is 46.0. The van der Waals surface area contributed by atoms with E-state index in [1.165, 1.54) is 76.7 Å². The molecule has 1 aromatic rings. The Balaban J connectivity index is 1.80. The van der Waals surface area contributed by atoms with Gasteiger partial charge in [0.2, 0.25) is 0 Å². The molecule has 2 heterocycles. The summed E-state index contributed by atoms with van der Waals surface area (Å²) in [7, 11) is -10.9. The second-order valence-electron chi connectivity index (χ2n) is 19.1. The molecule has 21 heteroatoms. The SMILES string of the molecule is CCC(C)CCCCCCCCCCCCCCCCC(=O)OC[C@H](COP(=O)(O)OP(=O)(O)OC[C@H]1O[C@@H](n2ccc(N)nc2=O)[C@H](O)[C@@H]1O)OC(=O)CCC/C=C\C/C=C\C/C=C\C/C=C\CCCCCO. The topological polar surface area (TPSA) is 286 Å². The summed E-state index contributed by atoms with van der Waals surface area (Å²) in [6.45, 7) is 2.48.